The van der Waals surface area contributed by atoms with Gasteiger partial charge >= 0.3 is 6.18 Å². The predicted molar refractivity (Wildman–Crippen MR) is 220 cm³/mol. The zero-order valence-corrected chi connectivity index (χ0v) is 36.7. The lowest BCUT2D eigenvalue weighted by Crippen LogP contribution is -2.61. The number of nitrogens with one attached hydrogen (secondary N) is 3. The minimum Gasteiger partial charge on any atom is -0.373 e. The molecule has 4 rings (SSSR count). The van der Waals surface area contributed by atoms with Crippen molar-refractivity contribution in [2.24, 2.45) is 5.92 Å². The Bertz CT molecular complexity index is 1880. The van der Waals surface area contributed by atoms with Gasteiger partial charge in [-0.3, -0.25) is 33.6 Å². The molecule has 0 aliphatic carbocycles. The summed E-state index contributed by atoms with van der Waals surface area (Å²) in [6.07, 6.45) is -6.31. The largest absolute Gasteiger partial charge is 0.426 e. The van der Waals surface area contributed by atoms with Crippen LogP contribution in [0.3, 0.4) is 0 Å². The molecule has 0 bridgehead atoms. The molecule has 3 aliphatic heterocycles. The summed E-state index contributed by atoms with van der Waals surface area (Å²) >= 11 is 6.28. The molecule has 0 radical (unpaired) electrons. The molecule has 0 unspecified atom stereocenters. The number of nitrogens with zero attached hydrogens (tertiary/aromatic N) is 4. The van der Waals surface area contributed by atoms with E-state index in [1.807, 2.05) is 13.8 Å². The molecule has 0 aromatic heterocycles. The topological polar surface area (TPSA) is 189 Å². The third kappa shape index (κ3) is 11.6. The van der Waals surface area contributed by atoms with Crippen LogP contribution in [0.2, 0.25) is 5.02 Å². The number of likely N-dealkylation sites (N-methyl/N-ethyl adjacent to an activating group) is 2. The first-order valence-corrected chi connectivity index (χ1v) is 21.1. The number of fused-ring (bicyclic) bond motifs is 1. The molecule has 3 saturated heterocycles. The summed E-state index contributed by atoms with van der Waals surface area (Å²) < 4.78 is 55.3. The van der Waals surface area contributed by atoms with Crippen LogP contribution >= 0.6 is 11.6 Å². The molecular formula is C42H58ClF4N7O8. The first-order chi connectivity index (χ1) is 28.9. The molecule has 3 heterocycles. The highest BCUT2D eigenvalue weighted by Crippen LogP contribution is 2.34. The number of carbonyl (C=O) groups is 7. The zero-order chi connectivity index (χ0) is 46.4. The number of aliphatic hydroxyl groups is 1. The molecule has 15 nitrogen and oxygen atoms in total. The molecular weight excluding hydrogens is 842 g/mol. The second kappa shape index (κ2) is 20.6. The van der Waals surface area contributed by atoms with E-state index < -0.39 is 103 Å². The van der Waals surface area contributed by atoms with Gasteiger partial charge in [0.25, 0.3) is 5.91 Å². The fraction of sp³-hybridized carbons (Fsp3) is 0.643. The Labute approximate surface area is 363 Å². The van der Waals surface area contributed by atoms with Crippen LogP contribution in [0, 0.1) is 5.92 Å². The SMILES string of the molecule is C=C(C)[C@H](NC(=O)[C@@H]1C[C@@H](F)CN1C(=O)[C@@](C)(O)C(F)(F)F)C(=O)N(C)[C@H]1CCCCNC(=O)[C@H]2CCCN2C(=O)[C@H](Cc2cccc(Cl)c2)N(C)C(=O)[C@H](CC(C)C)NC1=O. The van der Waals surface area contributed by atoms with Crippen molar-refractivity contribution >= 4 is 53.0 Å². The number of rotatable bonds is 10. The number of amides is 7. The molecule has 20 heteroatoms. The highest BCUT2D eigenvalue weighted by atomic mass is 35.5. The normalized spacial score (nSPS) is 26.0. The van der Waals surface area contributed by atoms with E-state index >= 15 is 0 Å². The molecule has 1 aromatic rings. The standard InChI is InChI=1S/C42H58ClF4N7O8/c1-23(2)18-28-37(58)52(7)32(20-25-12-10-13-26(43)19-25)38(59)53-17-11-15-30(53)34(55)48-16-9-8-14-29(35(56)49-28)51(6)39(60)33(24(3)4)50-36(57)31-21-27(44)22-54(31)40(61)41(5,62)42(45,46)47/h10,12-13,19,23,27-33,62H,3,8-9,11,14-18,20-22H2,1-2,4-7H3,(H,48,55)(H,49,56)(H,50,57)/t27-,28+,29+,30-,31+,32+,33+,41-/m1/s1. The van der Waals surface area contributed by atoms with Gasteiger partial charge in [-0.2, -0.15) is 13.2 Å². The third-order valence-corrected chi connectivity index (χ3v) is 11.9. The van der Waals surface area contributed by atoms with Gasteiger partial charge in [-0.15, -0.1) is 0 Å². The summed E-state index contributed by atoms with van der Waals surface area (Å²) in [6.45, 7) is 8.55. The summed E-state index contributed by atoms with van der Waals surface area (Å²) in [5.41, 5.74) is -3.27. The van der Waals surface area contributed by atoms with Gasteiger partial charge in [0.1, 0.15) is 42.4 Å². The van der Waals surface area contributed by atoms with Gasteiger partial charge in [-0.05, 0) is 81.6 Å². The Morgan fingerprint density at radius 3 is 2.35 bits per heavy atom. The van der Waals surface area contributed by atoms with Crippen molar-refractivity contribution < 1.29 is 56.2 Å². The van der Waals surface area contributed by atoms with Gasteiger partial charge < -0.3 is 40.7 Å². The van der Waals surface area contributed by atoms with E-state index in [2.05, 4.69) is 22.5 Å². The van der Waals surface area contributed by atoms with Crippen molar-refractivity contribution in [1.82, 2.24) is 35.6 Å². The van der Waals surface area contributed by atoms with Crippen LogP contribution in [0.15, 0.2) is 36.4 Å². The Kier molecular flexibility index (Phi) is 16.6. The Morgan fingerprint density at radius 1 is 1.06 bits per heavy atom. The van der Waals surface area contributed by atoms with Crippen LogP contribution in [-0.2, 0) is 40.0 Å². The number of hydrogen-bond acceptors (Lipinski definition) is 8. The number of halogens is 5. The van der Waals surface area contributed by atoms with Gasteiger partial charge in [-0.1, -0.05) is 44.2 Å². The average Bonchev–Trinajstić information content (AvgIpc) is 3.84. The fourth-order valence-corrected chi connectivity index (χ4v) is 8.29. The maximum atomic E-state index is 14.6. The summed E-state index contributed by atoms with van der Waals surface area (Å²) in [5.74, 6) is -6.38. The zero-order valence-electron chi connectivity index (χ0n) is 35.9. The molecule has 3 fully saturated rings. The number of carbonyl (C=O) groups excluding carboxylic acids is 7. The number of benzene rings is 1. The van der Waals surface area contributed by atoms with Gasteiger partial charge in [0.2, 0.25) is 41.0 Å². The number of alkyl halides is 4. The molecule has 7 amide bonds. The van der Waals surface area contributed by atoms with E-state index in [-0.39, 0.29) is 61.4 Å². The van der Waals surface area contributed by atoms with Crippen molar-refractivity contribution in [3.05, 3.63) is 47.0 Å². The second-order valence-corrected chi connectivity index (χ2v) is 17.5. The van der Waals surface area contributed by atoms with Crippen LogP contribution < -0.4 is 16.0 Å². The molecule has 8 atom stereocenters. The van der Waals surface area contributed by atoms with Crippen LogP contribution in [0.25, 0.3) is 0 Å². The van der Waals surface area contributed by atoms with E-state index in [9.17, 15) is 56.2 Å². The summed E-state index contributed by atoms with van der Waals surface area (Å²) in [5, 5.41) is 18.5. The Balaban J connectivity index is 1.65. The van der Waals surface area contributed by atoms with E-state index in [1.165, 1.54) is 30.8 Å². The maximum absolute atomic E-state index is 14.6. The smallest absolute Gasteiger partial charge is 0.373 e. The monoisotopic (exact) mass is 899 g/mol. The van der Waals surface area contributed by atoms with Gasteiger partial charge in [0.15, 0.2) is 0 Å². The first-order valence-electron chi connectivity index (χ1n) is 20.7. The Hall–Kier alpha value is -4.78. The lowest BCUT2D eigenvalue weighted by atomic mass is 9.98. The van der Waals surface area contributed by atoms with Gasteiger partial charge in [0, 0.05) is 45.0 Å². The Morgan fingerprint density at radius 2 is 1.74 bits per heavy atom. The van der Waals surface area contributed by atoms with E-state index in [0.29, 0.717) is 36.4 Å². The van der Waals surface area contributed by atoms with Crippen molar-refractivity contribution in [2.45, 2.75) is 133 Å². The lowest BCUT2D eigenvalue weighted by Gasteiger charge is -2.37. The maximum Gasteiger partial charge on any atom is 0.426 e. The summed E-state index contributed by atoms with van der Waals surface area (Å²) in [6, 6.07) is -1.01. The molecule has 4 N–H and O–H groups in total. The fourth-order valence-electron chi connectivity index (χ4n) is 8.07. The molecule has 1 aromatic carbocycles. The van der Waals surface area contributed by atoms with Crippen LogP contribution in [-0.4, -0.2) is 154 Å². The molecule has 3 aliphatic rings. The second-order valence-electron chi connectivity index (χ2n) is 17.1. The molecule has 0 saturated carbocycles. The van der Waals surface area contributed by atoms with Crippen LogP contribution in [0.1, 0.15) is 78.2 Å². The minimum atomic E-state index is -5.45. The van der Waals surface area contributed by atoms with E-state index in [0.717, 1.165) is 4.90 Å². The highest BCUT2D eigenvalue weighted by molar-refractivity contribution is 6.30. The highest BCUT2D eigenvalue weighted by Gasteiger charge is 2.59. The molecule has 0 spiro atoms. The average molecular weight is 900 g/mol. The first kappa shape index (κ1) is 49.9. The predicted octanol–water partition coefficient (Wildman–Crippen LogP) is 2.67. The van der Waals surface area contributed by atoms with Crippen molar-refractivity contribution in [3.63, 3.8) is 0 Å². The summed E-state index contributed by atoms with van der Waals surface area (Å²) in [7, 11) is 2.73. The van der Waals surface area contributed by atoms with Gasteiger partial charge in [-0.25, -0.2) is 4.39 Å². The van der Waals surface area contributed by atoms with Gasteiger partial charge in [0.05, 0.1) is 6.54 Å². The van der Waals surface area contributed by atoms with Crippen LogP contribution in [0.5, 0.6) is 0 Å². The van der Waals surface area contributed by atoms with Crippen LogP contribution in [0.4, 0.5) is 17.6 Å². The third-order valence-electron chi connectivity index (χ3n) is 11.7. The van der Waals surface area contributed by atoms with Crippen molar-refractivity contribution in [2.75, 3.05) is 33.7 Å². The number of hydrogen-bond donors (Lipinski definition) is 4. The number of likely N-dealkylation sites (tertiary alicyclic amines) is 1. The molecule has 62 heavy (non-hydrogen) atoms. The lowest BCUT2D eigenvalue weighted by molar-refractivity contribution is -0.250. The van der Waals surface area contributed by atoms with Crippen molar-refractivity contribution in [3.8, 4) is 0 Å². The van der Waals surface area contributed by atoms with Crippen molar-refractivity contribution in [1.29, 1.82) is 0 Å². The van der Waals surface area contributed by atoms with E-state index in [1.54, 1.807) is 24.3 Å². The quantitative estimate of drug-likeness (QED) is 0.204. The van der Waals surface area contributed by atoms with E-state index in [4.69, 9.17) is 11.6 Å². The minimum absolute atomic E-state index is 0.00558. The molecule has 344 valence electrons. The summed E-state index contributed by atoms with van der Waals surface area (Å²) in [4.78, 5) is 102.